The zero-order valence-electron chi connectivity index (χ0n) is 7.03. The van der Waals surface area contributed by atoms with E-state index in [4.69, 9.17) is 9.52 Å². The number of aromatic carboxylic acids is 1. The molecule has 0 fully saturated rings. The van der Waals surface area contributed by atoms with Crippen molar-refractivity contribution in [2.45, 2.75) is 13.3 Å². The Labute approximate surface area is 74.4 Å². The summed E-state index contributed by atoms with van der Waals surface area (Å²) in [6.07, 6.45) is 0.323. The monoisotopic (exact) mass is 183 g/mol. The van der Waals surface area contributed by atoms with Gasteiger partial charge in [-0.05, 0) is 6.07 Å². The fourth-order valence-corrected chi connectivity index (χ4v) is 0.746. The quantitative estimate of drug-likeness (QED) is 0.740. The molecular formula is C8H9NO4. The first-order chi connectivity index (χ1) is 6.13. The smallest absolute Gasteiger partial charge is 0.371 e. The molecule has 1 amide bonds. The summed E-state index contributed by atoms with van der Waals surface area (Å²) in [5.74, 6) is -1.40. The lowest BCUT2D eigenvalue weighted by molar-refractivity contribution is -0.116. The highest BCUT2D eigenvalue weighted by Gasteiger charge is 2.09. The average Bonchev–Trinajstić information content (AvgIpc) is 2.52. The van der Waals surface area contributed by atoms with E-state index in [2.05, 4.69) is 5.32 Å². The molecule has 0 atom stereocenters. The number of carboxylic acids is 1. The number of carbonyl (C=O) groups is 2. The van der Waals surface area contributed by atoms with Crippen LogP contribution in [0.25, 0.3) is 0 Å². The van der Waals surface area contributed by atoms with Gasteiger partial charge in [0.1, 0.15) is 0 Å². The summed E-state index contributed by atoms with van der Waals surface area (Å²) < 4.78 is 4.79. The van der Waals surface area contributed by atoms with Crippen LogP contribution in [0.1, 0.15) is 23.9 Å². The predicted octanol–water partition coefficient (Wildman–Crippen LogP) is 1.33. The van der Waals surface area contributed by atoms with Crippen LogP contribution in [0, 0.1) is 0 Å². The van der Waals surface area contributed by atoms with Gasteiger partial charge in [0.25, 0.3) is 0 Å². The molecule has 0 bridgehead atoms. The summed E-state index contributed by atoms with van der Waals surface area (Å²) in [5.41, 5.74) is 0. The minimum absolute atomic E-state index is 0.157. The van der Waals surface area contributed by atoms with Crippen LogP contribution in [0.2, 0.25) is 0 Å². The lowest BCUT2D eigenvalue weighted by Gasteiger charge is -1.96. The van der Waals surface area contributed by atoms with Gasteiger partial charge in [-0.3, -0.25) is 10.1 Å². The molecule has 5 heteroatoms. The fraction of sp³-hybridized carbons (Fsp3) is 0.250. The van der Waals surface area contributed by atoms with Gasteiger partial charge in [0.15, 0.2) is 0 Å². The lowest BCUT2D eigenvalue weighted by atomic mass is 10.4. The van der Waals surface area contributed by atoms with Crippen molar-refractivity contribution < 1.29 is 19.1 Å². The molecule has 0 spiro atoms. The maximum absolute atomic E-state index is 10.8. The Kier molecular flexibility index (Phi) is 2.69. The van der Waals surface area contributed by atoms with E-state index in [9.17, 15) is 9.59 Å². The molecule has 1 aromatic rings. The van der Waals surface area contributed by atoms with Crippen LogP contribution in [-0.4, -0.2) is 17.0 Å². The van der Waals surface area contributed by atoms with Crippen LogP contribution < -0.4 is 5.32 Å². The van der Waals surface area contributed by atoms with E-state index >= 15 is 0 Å². The van der Waals surface area contributed by atoms with E-state index in [1.807, 2.05) is 0 Å². The lowest BCUT2D eigenvalue weighted by Crippen LogP contribution is -2.08. The first kappa shape index (κ1) is 9.31. The molecule has 13 heavy (non-hydrogen) atoms. The second kappa shape index (κ2) is 3.75. The molecule has 2 N–H and O–H groups in total. The standard InChI is InChI=1S/C8H9NO4/c1-2-6(10)9-7-4-3-5(13-7)8(11)12/h3-4H,2H2,1H3,(H,9,10)(H,11,12). The third-order valence-electron chi connectivity index (χ3n) is 1.40. The van der Waals surface area contributed by atoms with Crippen LogP contribution in [0.15, 0.2) is 16.5 Å². The molecule has 0 aliphatic carbocycles. The highest BCUT2D eigenvalue weighted by Crippen LogP contribution is 2.13. The number of furan rings is 1. The van der Waals surface area contributed by atoms with Gasteiger partial charge < -0.3 is 9.52 Å². The summed E-state index contributed by atoms with van der Waals surface area (Å²) >= 11 is 0. The number of rotatable bonds is 3. The topological polar surface area (TPSA) is 79.5 Å². The van der Waals surface area contributed by atoms with Gasteiger partial charge in [-0.2, -0.15) is 0 Å². The van der Waals surface area contributed by atoms with Gasteiger partial charge in [0.05, 0.1) is 0 Å². The normalized spacial score (nSPS) is 9.62. The summed E-state index contributed by atoms with van der Waals surface area (Å²) in [6, 6.07) is 2.69. The molecule has 0 aliphatic heterocycles. The largest absolute Gasteiger partial charge is 0.475 e. The summed E-state index contributed by atoms with van der Waals surface area (Å²) in [7, 11) is 0. The van der Waals surface area contributed by atoms with Crippen LogP contribution >= 0.6 is 0 Å². The first-order valence-corrected chi connectivity index (χ1v) is 3.76. The summed E-state index contributed by atoms with van der Waals surface area (Å²) in [5, 5.41) is 10.9. The predicted molar refractivity (Wildman–Crippen MR) is 44.6 cm³/mol. The fourth-order valence-electron chi connectivity index (χ4n) is 0.746. The Hall–Kier alpha value is -1.78. The Morgan fingerprint density at radius 3 is 2.69 bits per heavy atom. The maximum atomic E-state index is 10.8. The molecule has 0 radical (unpaired) electrons. The second-order valence-electron chi connectivity index (χ2n) is 2.37. The van der Waals surface area contributed by atoms with Crippen LogP contribution in [0.3, 0.4) is 0 Å². The van der Waals surface area contributed by atoms with Crippen molar-refractivity contribution in [3.05, 3.63) is 17.9 Å². The SMILES string of the molecule is CCC(=O)Nc1ccc(C(=O)O)o1. The number of carboxylic acid groups (broad SMARTS) is 1. The van der Waals surface area contributed by atoms with Gasteiger partial charge in [-0.1, -0.05) is 6.92 Å². The van der Waals surface area contributed by atoms with Crippen molar-refractivity contribution in [3.63, 3.8) is 0 Å². The van der Waals surface area contributed by atoms with Gasteiger partial charge >= 0.3 is 5.97 Å². The molecule has 70 valence electrons. The van der Waals surface area contributed by atoms with Crippen molar-refractivity contribution in [1.29, 1.82) is 0 Å². The van der Waals surface area contributed by atoms with E-state index in [-0.39, 0.29) is 17.6 Å². The van der Waals surface area contributed by atoms with Crippen molar-refractivity contribution >= 4 is 17.8 Å². The molecule has 1 aromatic heterocycles. The van der Waals surface area contributed by atoms with E-state index in [1.54, 1.807) is 6.92 Å². The Morgan fingerprint density at radius 2 is 2.23 bits per heavy atom. The molecule has 0 saturated heterocycles. The van der Waals surface area contributed by atoms with Crippen molar-refractivity contribution in [2.75, 3.05) is 5.32 Å². The Bertz CT molecular complexity index is 329. The van der Waals surface area contributed by atoms with E-state index in [0.29, 0.717) is 6.42 Å². The number of anilines is 1. The van der Waals surface area contributed by atoms with Gasteiger partial charge in [-0.15, -0.1) is 0 Å². The van der Waals surface area contributed by atoms with E-state index in [1.165, 1.54) is 12.1 Å². The second-order valence-corrected chi connectivity index (χ2v) is 2.37. The highest BCUT2D eigenvalue weighted by molar-refractivity contribution is 5.90. The number of nitrogens with one attached hydrogen (secondary N) is 1. The van der Waals surface area contributed by atoms with Crippen molar-refractivity contribution in [1.82, 2.24) is 0 Å². The van der Waals surface area contributed by atoms with Crippen LogP contribution in [-0.2, 0) is 4.79 Å². The first-order valence-electron chi connectivity index (χ1n) is 3.76. The zero-order valence-corrected chi connectivity index (χ0v) is 7.03. The number of hydrogen-bond acceptors (Lipinski definition) is 3. The number of carbonyl (C=O) groups excluding carboxylic acids is 1. The Balaban J connectivity index is 2.69. The van der Waals surface area contributed by atoms with Crippen molar-refractivity contribution in [2.24, 2.45) is 0 Å². The average molecular weight is 183 g/mol. The third kappa shape index (κ3) is 2.33. The Morgan fingerprint density at radius 1 is 1.54 bits per heavy atom. The third-order valence-corrected chi connectivity index (χ3v) is 1.40. The van der Waals surface area contributed by atoms with Gasteiger partial charge in [0.2, 0.25) is 17.6 Å². The molecule has 1 rings (SSSR count). The van der Waals surface area contributed by atoms with E-state index < -0.39 is 5.97 Å². The van der Waals surface area contributed by atoms with Gasteiger partial charge in [0, 0.05) is 12.5 Å². The number of amides is 1. The summed E-state index contributed by atoms with van der Waals surface area (Å²) in [6.45, 7) is 1.69. The highest BCUT2D eigenvalue weighted by atomic mass is 16.4. The number of hydrogen-bond donors (Lipinski definition) is 2. The molecule has 0 aromatic carbocycles. The van der Waals surface area contributed by atoms with E-state index in [0.717, 1.165) is 0 Å². The maximum Gasteiger partial charge on any atom is 0.371 e. The molecule has 0 unspecified atom stereocenters. The minimum atomic E-state index is -1.16. The molecule has 0 saturated carbocycles. The molecule has 5 nitrogen and oxygen atoms in total. The minimum Gasteiger partial charge on any atom is -0.475 e. The van der Waals surface area contributed by atoms with Crippen molar-refractivity contribution in [3.8, 4) is 0 Å². The van der Waals surface area contributed by atoms with Crippen LogP contribution in [0.5, 0.6) is 0 Å². The van der Waals surface area contributed by atoms with Gasteiger partial charge in [-0.25, -0.2) is 4.79 Å². The molecule has 1 heterocycles. The zero-order chi connectivity index (χ0) is 9.84. The molecule has 0 aliphatic rings. The van der Waals surface area contributed by atoms with Crippen LogP contribution in [0.4, 0.5) is 5.88 Å². The molecular weight excluding hydrogens is 174 g/mol. The summed E-state index contributed by atoms with van der Waals surface area (Å²) in [4.78, 5) is 21.2.